The van der Waals surface area contributed by atoms with E-state index in [1.54, 1.807) is 0 Å². The monoisotopic (exact) mass is 305 g/mol. The maximum atomic E-state index is 4.51. The summed E-state index contributed by atoms with van der Waals surface area (Å²) < 4.78 is 3.22. The number of benzene rings is 1. The maximum Gasteiger partial charge on any atom is 0.0644 e. The van der Waals surface area contributed by atoms with Gasteiger partial charge in [-0.2, -0.15) is 5.10 Å². The van der Waals surface area contributed by atoms with Crippen molar-refractivity contribution in [2.24, 2.45) is 0 Å². The fourth-order valence-electron chi connectivity index (χ4n) is 2.43. The summed E-state index contributed by atoms with van der Waals surface area (Å²) in [5.41, 5.74) is 2.38. The number of halogens is 1. The van der Waals surface area contributed by atoms with E-state index in [9.17, 15) is 0 Å². The van der Waals surface area contributed by atoms with Crippen LogP contribution in [0.3, 0.4) is 0 Å². The van der Waals surface area contributed by atoms with Gasteiger partial charge in [0, 0.05) is 22.8 Å². The van der Waals surface area contributed by atoms with Crippen LogP contribution in [0.1, 0.15) is 18.9 Å². The van der Waals surface area contributed by atoms with E-state index in [-0.39, 0.29) is 0 Å². The van der Waals surface area contributed by atoms with Crippen molar-refractivity contribution >= 4 is 15.9 Å². The third kappa shape index (κ3) is 2.35. The third-order valence-corrected chi connectivity index (χ3v) is 4.12. The summed E-state index contributed by atoms with van der Waals surface area (Å²) >= 11 is 3.59. The molecule has 1 aliphatic heterocycles. The standard InChI is InChI=1S/C14H16BrN3/c15-14-6-2-1-5-13(14)11-8-17-18(10-11)12-4-3-7-16-9-12/h1-2,5-6,8,10,12,16H,3-4,7,9H2. The normalized spacial score (nSPS) is 19.9. The van der Waals surface area contributed by atoms with Gasteiger partial charge in [0.25, 0.3) is 0 Å². The molecular weight excluding hydrogens is 290 g/mol. The Hall–Kier alpha value is -1.13. The van der Waals surface area contributed by atoms with Crippen molar-refractivity contribution in [2.75, 3.05) is 13.1 Å². The molecule has 0 amide bonds. The van der Waals surface area contributed by atoms with Crippen LogP contribution in [0.2, 0.25) is 0 Å². The van der Waals surface area contributed by atoms with E-state index in [0.29, 0.717) is 6.04 Å². The number of nitrogens with zero attached hydrogens (tertiary/aromatic N) is 2. The highest BCUT2D eigenvalue weighted by molar-refractivity contribution is 9.10. The van der Waals surface area contributed by atoms with Gasteiger partial charge in [-0.1, -0.05) is 34.1 Å². The van der Waals surface area contributed by atoms with Gasteiger partial charge in [-0.05, 0) is 31.0 Å². The second-order valence-electron chi connectivity index (χ2n) is 4.69. The van der Waals surface area contributed by atoms with Crippen molar-refractivity contribution < 1.29 is 0 Å². The van der Waals surface area contributed by atoms with Crippen molar-refractivity contribution in [1.82, 2.24) is 15.1 Å². The molecule has 0 bridgehead atoms. The summed E-state index contributed by atoms with van der Waals surface area (Å²) in [6.45, 7) is 2.16. The number of piperidine rings is 1. The molecule has 0 radical (unpaired) electrons. The van der Waals surface area contributed by atoms with Crippen molar-refractivity contribution in [3.63, 3.8) is 0 Å². The number of aromatic nitrogens is 2. The van der Waals surface area contributed by atoms with Crippen molar-refractivity contribution in [1.29, 1.82) is 0 Å². The first kappa shape index (κ1) is 11.9. The second kappa shape index (κ2) is 5.24. The number of rotatable bonds is 2. The molecule has 3 nitrogen and oxygen atoms in total. The molecule has 1 unspecified atom stereocenters. The molecule has 4 heteroatoms. The number of hydrogen-bond acceptors (Lipinski definition) is 2. The second-order valence-corrected chi connectivity index (χ2v) is 5.54. The Labute approximate surface area is 115 Å². The van der Waals surface area contributed by atoms with E-state index in [0.717, 1.165) is 17.6 Å². The molecule has 1 atom stereocenters. The van der Waals surface area contributed by atoms with Gasteiger partial charge in [0.05, 0.1) is 12.2 Å². The van der Waals surface area contributed by atoms with Crippen LogP contribution in [-0.2, 0) is 0 Å². The molecule has 2 heterocycles. The van der Waals surface area contributed by atoms with Crippen LogP contribution in [0.4, 0.5) is 0 Å². The summed E-state index contributed by atoms with van der Waals surface area (Å²) in [5, 5.41) is 7.94. The molecule has 0 saturated carbocycles. The van der Waals surface area contributed by atoms with Crippen molar-refractivity contribution in [2.45, 2.75) is 18.9 Å². The van der Waals surface area contributed by atoms with Gasteiger partial charge in [-0.15, -0.1) is 0 Å². The number of nitrogens with one attached hydrogen (secondary N) is 1. The predicted octanol–water partition coefficient (Wildman–Crippen LogP) is 3.24. The molecule has 18 heavy (non-hydrogen) atoms. The molecular formula is C14H16BrN3. The van der Waals surface area contributed by atoms with E-state index in [1.807, 2.05) is 12.3 Å². The lowest BCUT2D eigenvalue weighted by atomic mass is 10.1. The molecule has 1 aromatic carbocycles. The Morgan fingerprint density at radius 2 is 2.22 bits per heavy atom. The first-order valence-electron chi connectivity index (χ1n) is 6.34. The van der Waals surface area contributed by atoms with Crippen LogP contribution in [-0.4, -0.2) is 22.9 Å². The Morgan fingerprint density at radius 1 is 1.33 bits per heavy atom. The lowest BCUT2D eigenvalue weighted by Crippen LogP contribution is -2.31. The lowest BCUT2D eigenvalue weighted by molar-refractivity contribution is 0.347. The minimum Gasteiger partial charge on any atom is -0.315 e. The summed E-state index contributed by atoms with van der Waals surface area (Å²) in [4.78, 5) is 0. The van der Waals surface area contributed by atoms with Crippen LogP contribution >= 0.6 is 15.9 Å². The molecule has 1 aromatic heterocycles. The van der Waals surface area contributed by atoms with Gasteiger partial charge in [0.1, 0.15) is 0 Å². The first-order valence-corrected chi connectivity index (χ1v) is 7.13. The van der Waals surface area contributed by atoms with Gasteiger partial charge in [-0.25, -0.2) is 0 Å². The predicted molar refractivity (Wildman–Crippen MR) is 76.5 cm³/mol. The van der Waals surface area contributed by atoms with E-state index in [4.69, 9.17) is 0 Å². The Balaban J connectivity index is 1.87. The zero-order valence-corrected chi connectivity index (χ0v) is 11.7. The highest BCUT2D eigenvalue weighted by atomic mass is 79.9. The average molecular weight is 306 g/mol. The van der Waals surface area contributed by atoms with Crippen molar-refractivity contribution in [3.05, 3.63) is 41.1 Å². The highest BCUT2D eigenvalue weighted by Gasteiger charge is 2.16. The van der Waals surface area contributed by atoms with Crippen LogP contribution in [0.5, 0.6) is 0 Å². The molecule has 0 spiro atoms. The quantitative estimate of drug-likeness (QED) is 0.923. The molecule has 1 fully saturated rings. The third-order valence-electron chi connectivity index (χ3n) is 3.43. The van der Waals surface area contributed by atoms with Crippen LogP contribution in [0.25, 0.3) is 11.1 Å². The number of hydrogen-bond donors (Lipinski definition) is 1. The Morgan fingerprint density at radius 3 is 3.00 bits per heavy atom. The minimum absolute atomic E-state index is 0.495. The van der Waals surface area contributed by atoms with E-state index < -0.39 is 0 Å². The van der Waals surface area contributed by atoms with Gasteiger partial charge < -0.3 is 5.32 Å². The molecule has 0 aliphatic carbocycles. The molecule has 1 saturated heterocycles. The van der Waals surface area contributed by atoms with Gasteiger partial charge >= 0.3 is 0 Å². The smallest absolute Gasteiger partial charge is 0.0644 e. The Kier molecular flexibility index (Phi) is 3.48. The maximum absolute atomic E-state index is 4.51. The molecule has 2 aromatic rings. The lowest BCUT2D eigenvalue weighted by Gasteiger charge is -2.22. The Bertz CT molecular complexity index is 529. The fraction of sp³-hybridized carbons (Fsp3) is 0.357. The van der Waals surface area contributed by atoms with E-state index in [2.05, 4.69) is 55.4 Å². The van der Waals surface area contributed by atoms with Crippen LogP contribution in [0, 0.1) is 0 Å². The zero-order valence-electron chi connectivity index (χ0n) is 10.1. The SMILES string of the molecule is Brc1ccccc1-c1cnn(C2CCCNC2)c1. The van der Waals surface area contributed by atoms with Crippen LogP contribution < -0.4 is 5.32 Å². The van der Waals surface area contributed by atoms with Gasteiger partial charge in [-0.3, -0.25) is 4.68 Å². The summed E-state index contributed by atoms with van der Waals surface area (Å²) in [6, 6.07) is 8.76. The molecule has 94 valence electrons. The molecule has 1 N–H and O–H groups in total. The minimum atomic E-state index is 0.495. The fourth-order valence-corrected chi connectivity index (χ4v) is 2.95. The molecule has 3 rings (SSSR count). The summed E-state index contributed by atoms with van der Waals surface area (Å²) in [5.74, 6) is 0. The van der Waals surface area contributed by atoms with Gasteiger partial charge in [0.15, 0.2) is 0 Å². The highest BCUT2D eigenvalue weighted by Crippen LogP contribution is 2.28. The molecule has 1 aliphatic rings. The first-order chi connectivity index (χ1) is 8.84. The van der Waals surface area contributed by atoms with Crippen LogP contribution in [0.15, 0.2) is 41.1 Å². The largest absolute Gasteiger partial charge is 0.315 e. The van der Waals surface area contributed by atoms with Crippen molar-refractivity contribution in [3.8, 4) is 11.1 Å². The zero-order chi connectivity index (χ0) is 12.4. The van der Waals surface area contributed by atoms with Gasteiger partial charge in [0.2, 0.25) is 0 Å². The summed E-state index contributed by atoms with van der Waals surface area (Å²) in [7, 11) is 0. The average Bonchev–Trinajstić information content (AvgIpc) is 2.90. The van der Waals surface area contributed by atoms with E-state index in [1.165, 1.54) is 24.0 Å². The van der Waals surface area contributed by atoms with E-state index >= 15 is 0 Å². The topological polar surface area (TPSA) is 29.9 Å². The summed E-state index contributed by atoms with van der Waals surface area (Å²) in [6.07, 6.45) is 6.55.